The molecule has 2 unspecified atom stereocenters. The largest absolute Gasteiger partial charge is 0.372 e. The van der Waals surface area contributed by atoms with E-state index in [0.717, 1.165) is 36.0 Å². The third kappa shape index (κ3) is 4.32. The first-order chi connectivity index (χ1) is 13.9. The average molecular weight is 399 g/mol. The molecule has 0 radical (unpaired) electrons. The summed E-state index contributed by atoms with van der Waals surface area (Å²) in [6.45, 7) is 8.50. The van der Waals surface area contributed by atoms with E-state index < -0.39 is 0 Å². The second-order valence-electron chi connectivity index (χ2n) is 7.79. The van der Waals surface area contributed by atoms with Gasteiger partial charge >= 0.3 is 6.03 Å². The molecule has 2 aromatic rings. The predicted octanol–water partition coefficient (Wildman–Crippen LogP) is 3.13. The molecule has 1 saturated heterocycles. The number of aromatic nitrogens is 2. The Labute approximate surface area is 169 Å². The van der Waals surface area contributed by atoms with Crippen molar-refractivity contribution in [3.63, 3.8) is 0 Å². The molecular weight excluding hydrogens is 373 g/mol. The lowest BCUT2D eigenvalue weighted by Crippen LogP contribution is -2.47. The Kier molecular flexibility index (Phi) is 5.36. The molecule has 0 bridgehead atoms. The van der Waals surface area contributed by atoms with Gasteiger partial charge in [0.05, 0.1) is 24.4 Å². The van der Waals surface area contributed by atoms with Gasteiger partial charge in [0.25, 0.3) is 0 Å². The highest BCUT2D eigenvalue weighted by Crippen LogP contribution is 2.29. The van der Waals surface area contributed by atoms with Crippen LogP contribution in [0.5, 0.6) is 0 Å². The van der Waals surface area contributed by atoms with Crippen LogP contribution in [0, 0.1) is 12.7 Å². The maximum Gasteiger partial charge on any atom is 0.322 e. The molecule has 154 valence electrons. The summed E-state index contributed by atoms with van der Waals surface area (Å²) in [5, 5.41) is 2.78. The lowest BCUT2D eigenvalue weighted by Gasteiger charge is -2.38. The molecule has 1 fully saturated rings. The Morgan fingerprint density at radius 1 is 1.24 bits per heavy atom. The zero-order chi connectivity index (χ0) is 20.5. The van der Waals surface area contributed by atoms with Gasteiger partial charge in [-0.2, -0.15) is 0 Å². The van der Waals surface area contributed by atoms with Crippen molar-refractivity contribution in [3.05, 3.63) is 47.2 Å². The molecule has 1 aromatic heterocycles. The Hall–Kier alpha value is -2.74. The molecule has 0 saturated carbocycles. The van der Waals surface area contributed by atoms with E-state index >= 15 is 0 Å². The summed E-state index contributed by atoms with van der Waals surface area (Å²) in [4.78, 5) is 26.1. The normalized spacial score (nSPS) is 21.7. The number of fused-ring (bicyclic) bond motifs is 1. The Morgan fingerprint density at radius 3 is 2.72 bits per heavy atom. The van der Waals surface area contributed by atoms with Gasteiger partial charge < -0.3 is 19.9 Å². The zero-order valence-corrected chi connectivity index (χ0v) is 17.0. The van der Waals surface area contributed by atoms with Gasteiger partial charge in [-0.3, -0.25) is 0 Å². The summed E-state index contributed by atoms with van der Waals surface area (Å²) in [5.74, 6) is 1.24. The van der Waals surface area contributed by atoms with Gasteiger partial charge in [0.2, 0.25) is 0 Å². The quantitative estimate of drug-likeness (QED) is 0.840. The minimum absolute atomic E-state index is 0.112. The maximum atomic E-state index is 13.4. The van der Waals surface area contributed by atoms with Crippen molar-refractivity contribution in [2.24, 2.45) is 0 Å². The van der Waals surface area contributed by atoms with Gasteiger partial charge in [0.15, 0.2) is 0 Å². The van der Waals surface area contributed by atoms with E-state index in [1.54, 1.807) is 17.0 Å². The Balaban J connectivity index is 1.57. The second kappa shape index (κ2) is 7.94. The molecule has 0 aliphatic carbocycles. The summed E-state index contributed by atoms with van der Waals surface area (Å²) in [5.41, 5.74) is 2.42. The van der Waals surface area contributed by atoms with Crippen molar-refractivity contribution in [2.45, 2.75) is 45.9 Å². The number of aryl methyl sites for hydroxylation is 1. The first-order valence-corrected chi connectivity index (χ1v) is 9.97. The van der Waals surface area contributed by atoms with Gasteiger partial charge in [-0.25, -0.2) is 19.2 Å². The minimum atomic E-state index is -0.381. The number of hydrogen-bond donors (Lipinski definition) is 1. The average Bonchev–Trinajstić information content (AvgIpc) is 2.66. The summed E-state index contributed by atoms with van der Waals surface area (Å²) < 4.78 is 19.3. The number of ether oxygens (including phenoxy) is 1. The summed E-state index contributed by atoms with van der Waals surface area (Å²) in [6.07, 6.45) is 0.888. The van der Waals surface area contributed by atoms with Crippen LogP contribution in [0.1, 0.15) is 30.9 Å². The van der Waals surface area contributed by atoms with Crippen LogP contribution in [0.2, 0.25) is 0 Å². The van der Waals surface area contributed by atoms with Crippen LogP contribution in [0.4, 0.5) is 20.7 Å². The topological polar surface area (TPSA) is 70.6 Å². The van der Waals surface area contributed by atoms with Crippen molar-refractivity contribution in [1.82, 2.24) is 14.9 Å². The first-order valence-electron chi connectivity index (χ1n) is 9.97. The van der Waals surface area contributed by atoms with Crippen LogP contribution in [-0.4, -0.2) is 52.7 Å². The standard InChI is InChI=1S/C21H26FN5O2/c1-13-10-27(11-14(2)29-13)20-18-12-26(8-7-19(18)23-15(3)24-20)21(28)25-17-6-4-5-16(22)9-17/h4-6,9,13-14H,7-8,10-12H2,1-3H3,(H,25,28). The third-order valence-electron chi connectivity index (χ3n) is 5.23. The SMILES string of the molecule is Cc1nc2c(c(N3CC(C)OC(C)C3)n1)CN(C(=O)Nc1cccc(F)c1)CC2. The van der Waals surface area contributed by atoms with Crippen molar-refractivity contribution in [2.75, 3.05) is 29.9 Å². The van der Waals surface area contributed by atoms with Crippen LogP contribution in [-0.2, 0) is 17.7 Å². The lowest BCUT2D eigenvalue weighted by atomic mass is 10.0. The zero-order valence-electron chi connectivity index (χ0n) is 17.0. The number of amides is 2. The van der Waals surface area contributed by atoms with Crippen LogP contribution in [0.25, 0.3) is 0 Å². The molecule has 2 aliphatic rings. The molecule has 1 N–H and O–H groups in total. The number of carbonyl (C=O) groups excluding carboxylic acids is 1. The van der Waals surface area contributed by atoms with Crippen LogP contribution in [0.3, 0.4) is 0 Å². The fourth-order valence-corrected chi connectivity index (χ4v) is 4.07. The van der Waals surface area contributed by atoms with E-state index in [-0.39, 0.29) is 24.1 Å². The molecule has 2 aliphatic heterocycles. The first kappa shape index (κ1) is 19.6. The highest BCUT2D eigenvalue weighted by molar-refractivity contribution is 5.89. The third-order valence-corrected chi connectivity index (χ3v) is 5.23. The molecule has 2 atom stereocenters. The van der Waals surface area contributed by atoms with Gasteiger partial charge in [0.1, 0.15) is 17.5 Å². The highest BCUT2D eigenvalue weighted by atomic mass is 19.1. The number of rotatable bonds is 2. The smallest absolute Gasteiger partial charge is 0.322 e. The molecule has 29 heavy (non-hydrogen) atoms. The molecule has 3 heterocycles. The van der Waals surface area contributed by atoms with E-state index in [4.69, 9.17) is 9.72 Å². The number of carbonyl (C=O) groups is 1. The van der Waals surface area contributed by atoms with Gasteiger partial charge in [-0.1, -0.05) is 6.07 Å². The van der Waals surface area contributed by atoms with Crippen molar-refractivity contribution < 1.29 is 13.9 Å². The highest BCUT2D eigenvalue weighted by Gasteiger charge is 2.30. The van der Waals surface area contributed by atoms with Crippen molar-refractivity contribution >= 4 is 17.5 Å². The van der Waals surface area contributed by atoms with Crippen LogP contribution >= 0.6 is 0 Å². The molecule has 8 heteroatoms. The van der Waals surface area contributed by atoms with E-state index in [1.165, 1.54) is 12.1 Å². The number of anilines is 2. The van der Waals surface area contributed by atoms with Gasteiger partial charge in [-0.15, -0.1) is 0 Å². The van der Waals surface area contributed by atoms with Gasteiger partial charge in [0, 0.05) is 37.3 Å². The number of hydrogen-bond acceptors (Lipinski definition) is 5. The number of nitrogens with one attached hydrogen (secondary N) is 1. The number of benzene rings is 1. The fourth-order valence-electron chi connectivity index (χ4n) is 4.07. The van der Waals surface area contributed by atoms with Crippen molar-refractivity contribution in [1.29, 1.82) is 0 Å². The summed E-state index contributed by atoms with van der Waals surface area (Å²) >= 11 is 0. The fraction of sp³-hybridized carbons (Fsp3) is 0.476. The lowest BCUT2D eigenvalue weighted by molar-refractivity contribution is -0.00557. The van der Waals surface area contributed by atoms with Crippen LogP contribution < -0.4 is 10.2 Å². The van der Waals surface area contributed by atoms with E-state index in [1.807, 2.05) is 6.92 Å². The number of morpholine rings is 1. The van der Waals surface area contributed by atoms with Crippen LogP contribution in [0.15, 0.2) is 24.3 Å². The Bertz CT molecular complexity index is 912. The van der Waals surface area contributed by atoms with E-state index in [0.29, 0.717) is 25.2 Å². The maximum absolute atomic E-state index is 13.4. The summed E-state index contributed by atoms with van der Waals surface area (Å²) in [6, 6.07) is 5.66. The Morgan fingerprint density at radius 2 is 2.00 bits per heavy atom. The number of nitrogens with zero attached hydrogens (tertiary/aromatic N) is 4. The molecule has 7 nitrogen and oxygen atoms in total. The number of urea groups is 1. The molecule has 1 aromatic carbocycles. The predicted molar refractivity (Wildman–Crippen MR) is 109 cm³/mol. The monoisotopic (exact) mass is 399 g/mol. The van der Waals surface area contributed by atoms with E-state index in [2.05, 4.69) is 29.0 Å². The minimum Gasteiger partial charge on any atom is -0.372 e. The summed E-state index contributed by atoms with van der Waals surface area (Å²) in [7, 11) is 0. The molecule has 4 rings (SSSR count). The second-order valence-corrected chi connectivity index (χ2v) is 7.79. The molecule has 2 amide bonds. The van der Waals surface area contributed by atoms with E-state index in [9.17, 15) is 9.18 Å². The van der Waals surface area contributed by atoms with Crippen molar-refractivity contribution in [3.8, 4) is 0 Å². The van der Waals surface area contributed by atoms with Gasteiger partial charge in [-0.05, 0) is 39.0 Å². The number of halogens is 1. The molecular formula is C21H26FN5O2. The molecule has 0 spiro atoms.